The lowest BCUT2D eigenvalue weighted by Crippen LogP contribution is -2.26. The van der Waals surface area contributed by atoms with Crippen molar-refractivity contribution < 1.29 is 9.59 Å². The van der Waals surface area contributed by atoms with Crippen LogP contribution in [0.25, 0.3) is 16.8 Å². The molecule has 9 heteroatoms. The Morgan fingerprint density at radius 3 is 2.60 bits per heavy atom. The van der Waals surface area contributed by atoms with Gasteiger partial charge in [-0.2, -0.15) is 0 Å². The van der Waals surface area contributed by atoms with Gasteiger partial charge in [0.15, 0.2) is 0 Å². The fourth-order valence-electron chi connectivity index (χ4n) is 4.70. The number of aromatic nitrogens is 3. The molecule has 1 atom stereocenters. The maximum absolute atomic E-state index is 13.2. The Balaban J connectivity index is 1.63. The Morgan fingerprint density at radius 1 is 1.12 bits per heavy atom. The molecule has 0 fully saturated rings. The van der Waals surface area contributed by atoms with E-state index in [0.717, 1.165) is 11.3 Å². The molecule has 0 unspecified atom stereocenters. The van der Waals surface area contributed by atoms with Crippen molar-refractivity contribution in [2.24, 2.45) is 0 Å². The highest BCUT2D eigenvalue weighted by atomic mass is 16.2. The average Bonchev–Trinajstić information content (AvgIpc) is 3.29. The van der Waals surface area contributed by atoms with Crippen LogP contribution in [0, 0.1) is 6.92 Å². The van der Waals surface area contributed by atoms with E-state index in [9.17, 15) is 9.59 Å². The molecule has 0 aliphatic rings. The predicted molar refractivity (Wildman–Crippen MR) is 160 cm³/mol. The molecule has 0 bridgehead atoms. The van der Waals surface area contributed by atoms with Crippen molar-refractivity contribution in [3.63, 3.8) is 0 Å². The second-order valence-corrected chi connectivity index (χ2v) is 10.5. The third kappa shape index (κ3) is 6.38. The molecule has 2 amide bonds. The molecule has 0 radical (unpaired) electrons. The van der Waals surface area contributed by atoms with E-state index in [1.165, 1.54) is 11.6 Å². The van der Waals surface area contributed by atoms with Crippen LogP contribution in [-0.2, 0) is 4.79 Å². The van der Waals surface area contributed by atoms with Crippen molar-refractivity contribution in [3.8, 4) is 11.3 Å². The van der Waals surface area contributed by atoms with Gasteiger partial charge in [0.2, 0.25) is 5.91 Å². The second-order valence-electron chi connectivity index (χ2n) is 10.5. The molecule has 0 saturated carbocycles. The number of anilines is 2. The van der Waals surface area contributed by atoms with Gasteiger partial charge in [-0.05, 0) is 69.3 Å². The summed E-state index contributed by atoms with van der Waals surface area (Å²) in [6, 6.07) is 12.8. The van der Waals surface area contributed by atoms with E-state index >= 15 is 0 Å². The predicted octanol–water partition coefficient (Wildman–Crippen LogP) is 4.96. The summed E-state index contributed by atoms with van der Waals surface area (Å²) < 4.78 is 1.83. The highest BCUT2D eigenvalue weighted by Crippen LogP contribution is 2.31. The largest absolute Gasteiger partial charge is 0.382 e. The molecule has 40 heavy (non-hydrogen) atoms. The number of fused-ring (bicyclic) bond motifs is 1. The minimum absolute atomic E-state index is 0.218. The molecule has 0 saturated heterocycles. The summed E-state index contributed by atoms with van der Waals surface area (Å²) >= 11 is 0. The van der Waals surface area contributed by atoms with Gasteiger partial charge in [-0.15, -0.1) is 0 Å². The average molecular weight is 540 g/mol. The van der Waals surface area contributed by atoms with Crippen LogP contribution in [0.2, 0.25) is 0 Å². The Morgan fingerprint density at radius 2 is 1.90 bits per heavy atom. The van der Waals surface area contributed by atoms with E-state index in [1.807, 2.05) is 54.6 Å². The molecule has 4 rings (SSSR count). The topological polar surface area (TPSA) is 118 Å². The molecule has 208 valence electrons. The summed E-state index contributed by atoms with van der Waals surface area (Å²) in [5.41, 5.74) is 11.8. The van der Waals surface area contributed by atoms with Crippen LogP contribution in [0.3, 0.4) is 0 Å². The minimum atomic E-state index is -0.414. The molecule has 0 aliphatic carbocycles. The van der Waals surface area contributed by atoms with Crippen LogP contribution in [0.15, 0.2) is 67.0 Å². The van der Waals surface area contributed by atoms with Gasteiger partial charge in [0.05, 0.1) is 6.04 Å². The van der Waals surface area contributed by atoms with Crippen LogP contribution in [0.4, 0.5) is 11.5 Å². The van der Waals surface area contributed by atoms with Crippen LogP contribution < -0.4 is 16.4 Å². The van der Waals surface area contributed by atoms with Crippen LogP contribution in [-0.4, -0.2) is 51.7 Å². The lowest BCUT2D eigenvalue weighted by molar-refractivity contribution is -0.117. The third-order valence-electron chi connectivity index (χ3n) is 6.64. The van der Waals surface area contributed by atoms with Gasteiger partial charge >= 0.3 is 0 Å². The molecule has 2 heterocycles. The highest BCUT2D eigenvalue weighted by Gasteiger charge is 2.21. The van der Waals surface area contributed by atoms with Crippen molar-refractivity contribution in [3.05, 3.63) is 89.5 Å². The highest BCUT2D eigenvalue weighted by molar-refractivity contribution is 6.05. The standard InChI is InChI=1S/C31H37N7O2/c1-19(2)25-13-12-24(17-20(25)3)35-31(40)23-10-7-9-22(18-23)27-28-29(32)33-14-16-38(28)30(36-27)21(4)34-26(39)11-8-15-37(5)6/h7-14,16-19,21H,15H2,1-6H3,(H2,32,33)(H,34,39)(H,35,40)/b11-8+/t21-/m0/s1. The van der Waals surface area contributed by atoms with E-state index in [2.05, 4.69) is 42.5 Å². The van der Waals surface area contributed by atoms with Gasteiger partial charge in [-0.3, -0.25) is 14.0 Å². The Labute approximate surface area is 235 Å². The van der Waals surface area contributed by atoms with Crippen molar-refractivity contribution in [2.45, 2.75) is 39.7 Å². The smallest absolute Gasteiger partial charge is 0.255 e. The van der Waals surface area contributed by atoms with Crippen molar-refractivity contribution in [1.82, 2.24) is 24.6 Å². The normalized spacial score (nSPS) is 12.4. The molecule has 4 aromatic rings. The molecule has 2 aromatic heterocycles. The van der Waals surface area contributed by atoms with E-state index < -0.39 is 6.04 Å². The van der Waals surface area contributed by atoms with Gasteiger partial charge in [-0.1, -0.05) is 38.1 Å². The maximum atomic E-state index is 13.2. The first-order chi connectivity index (χ1) is 19.0. The minimum Gasteiger partial charge on any atom is -0.382 e. The zero-order chi connectivity index (χ0) is 29.0. The number of carbonyl (C=O) groups is 2. The molecule has 2 aromatic carbocycles. The number of nitrogens with two attached hydrogens (primary N) is 1. The molecule has 4 N–H and O–H groups in total. The lowest BCUT2D eigenvalue weighted by Gasteiger charge is -2.12. The number of nitrogens with zero attached hydrogens (tertiary/aromatic N) is 4. The molecule has 9 nitrogen and oxygen atoms in total. The van der Waals surface area contributed by atoms with Gasteiger partial charge in [-0.25, -0.2) is 9.97 Å². The summed E-state index contributed by atoms with van der Waals surface area (Å²) in [5.74, 6) is 0.873. The summed E-state index contributed by atoms with van der Waals surface area (Å²) in [4.78, 5) is 36.8. The maximum Gasteiger partial charge on any atom is 0.255 e. The van der Waals surface area contributed by atoms with E-state index in [-0.39, 0.29) is 11.8 Å². The monoisotopic (exact) mass is 539 g/mol. The van der Waals surface area contributed by atoms with Gasteiger partial charge in [0.25, 0.3) is 5.91 Å². The van der Waals surface area contributed by atoms with Gasteiger partial charge in [0, 0.05) is 41.8 Å². The molecular formula is C31H37N7O2. The van der Waals surface area contributed by atoms with Crippen molar-refractivity contribution >= 4 is 28.8 Å². The van der Waals surface area contributed by atoms with E-state index in [1.54, 1.807) is 30.6 Å². The number of hydrogen-bond acceptors (Lipinski definition) is 6. The molecular weight excluding hydrogens is 502 g/mol. The number of hydrogen-bond donors (Lipinski definition) is 3. The number of imidazole rings is 1. The quantitative estimate of drug-likeness (QED) is 0.259. The summed E-state index contributed by atoms with van der Waals surface area (Å²) in [6.45, 7) is 8.88. The summed E-state index contributed by atoms with van der Waals surface area (Å²) in [7, 11) is 3.87. The Kier molecular flexibility index (Phi) is 8.64. The lowest BCUT2D eigenvalue weighted by atomic mass is 9.97. The number of benzene rings is 2. The van der Waals surface area contributed by atoms with Crippen LogP contribution >= 0.6 is 0 Å². The summed E-state index contributed by atoms with van der Waals surface area (Å²) in [6.07, 6.45) is 6.68. The van der Waals surface area contributed by atoms with Gasteiger partial charge in [0.1, 0.15) is 22.9 Å². The van der Waals surface area contributed by atoms with Gasteiger partial charge < -0.3 is 21.3 Å². The Bertz CT molecular complexity index is 1570. The fourth-order valence-corrected chi connectivity index (χ4v) is 4.70. The Hall–Kier alpha value is -4.50. The zero-order valence-corrected chi connectivity index (χ0v) is 23.9. The number of rotatable bonds is 9. The number of likely N-dealkylation sites (N-methyl/N-ethyl adjacent to an activating group) is 1. The van der Waals surface area contributed by atoms with Crippen molar-refractivity contribution in [2.75, 3.05) is 31.7 Å². The number of amides is 2. The number of aryl methyl sites for hydroxylation is 1. The number of carbonyl (C=O) groups excluding carboxylic acids is 2. The fraction of sp³-hybridized carbons (Fsp3) is 0.290. The first kappa shape index (κ1) is 28.5. The van der Waals surface area contributed by atoms with E-state index in [4.69, 9.17) is 10.7 Å². The van der Waals surface area contributed by atoms with Crippen molar-refractivity contribution in [1.29, 1.82) is 0 Å². The number of nitrogens with one attached hydrogen (secondary N) is 2. The third-order valence-corrected chi connectivity index (χ3v) is 6.64. The second kappa shape index (κ2) is 12.1. The first-order valence-corrected chi connectivity index (χ1v) is 13.3. The number of nitrogen functional groups attached to an aromatic ring is 1. The SMILES string of the molecule is Cc1cc(NC(=O)c2cccc(-c3nc([C@H](C)NC(=O)/C=C/CN(C)C)n4ccnc(N)c34)c2)ccc1C(C)C. The van der Waals surface area contributed by atoms with Crippen LogP contribution in [0.1, 0.15) is 60.0 Å². The molecule has 0 spiro atoms. The first-order valence-electron chi connectivity index (χ1n) is 13.3. The van der Waals surface area contributed by atoms with Crippen LogP contribution in [0.5, 0.6) is 0 Å². The summed E-state index contributed by atoms with van der Waals surface area (Å²) in [5, 5.41) is 5.97. The zero-order valence-electron chi connectivity index (χ0n) is 23.9. The molecule has 0 aliphatic heterocycles. The van der Waals surface area contributed by atoms with E-state index in [0.29, 0.717) is 46.4 Å².